The lowest BCUT2D eigenvalue weighted by atomic mass is 10.1. The van der Waals surface area contributed by atoms with Gasteiger partial charge >= 0.3 is 0 Å². The van der Waals surface area contributed by atoms with Gasteiger partial charge in [-0.2, -0.15) is 0 Å². The third-order valence-corrected chi connectivity index (χ3v) is 3.18. The average molecular weight is 255 g/mol. The zero-order chi connectivity index (χ0) is 13.5. The summed E-state index contributed by atoms with van der Waals surface area (Å²) in [4.78, 5) is 25.0. The summed E-state index contributed by atoms with van der Waals surface area (Å²) in [6, 6.07) is -0.0657. The minimum absolute atomic E-state index is 0.00613. The molecule has 1 heterocycles. The molecule has 5 nitrogen and oxygen atoms in total. The second kappa shape index (κ2) is 7.36. The molecule has 0 spiro atoms. The van der Waals surface area contributed by atoms with Crippen LogP contribution in [0, 0.1) is 0 Å². The highest BCUT2D eigenvalue weighted by molar-refractivity contribution is 5.79. The maximum absolute atomic E-state index is 11.7. The fourth-order valence-corrected chi connectivity index (χ4v) is 2.32. The maximum Gasteiger partial charge on any atom is 0.222 e. The van der Waals surface area contributed by atoms with E-state index in [4.69, 9.17) is 5.73 Å². The summed E-state index contributed by atoms with van der Waals surface area (Å²) in [5.74, 6) is 0.175. The van der Waals surface area contributed by atoms with Gasteiger partial charge in [-0.15, -0.1) is 0 Å². The maximum atomic E-state index is 11.7. The van der Waals surface area contributed by atoms with E-state index >= 15 is 0 Å². The number of hydrogen-bond acceptors (Lipinski definition) is 3. The van der Waals surface area contributed by atoms with Gasteiger partial charge in [0.15, 0.2) is 0 Å². The van der Waals surface area contributed by atoms with Crippen molar-refractivity contribution < 1.29 is 9.59 Å². The molecule has 1 fully saturated rings. The smallest absolute Gasteiger partial charge is 0.222 e. The van der Waals surface area contributed by atoms with Crippen LogP contribution >= 0.6 is 0 Å². The fourth-order valence-electron chi connectivity index (χ4n) is 2.32. The monoisotopic (exact) mass is 255 g/mol. The Labute approximate surface area is 109 Å². The normalized spacial score (nSPS) is 18.8. The molecule has 0 bridgehead atoms. The molecule has 1 saturated heterocycles. The number of carbonyl (C=O) groups is 2. The lowest BCUT2D eigenvalue weighted by molar-refractivity contribution is -0.129. The first-order valence-electron chi connectivity index (χ1n) is 6.85. The van der Waals surface area contributed by atoms with Crippen molar-refractivity contribution in [1.29, 1.82) is 0 Å². The van der Waals surface area contributed by atoms with Crippen molar-refractivity contribution >= 4 is 11.8 Å². The van der Waals surface area contributed by atoms with Crippen molar-refractivity contribution in [3.63, 3.8) is 0 Å². The lowest BCUT2D eigenvalue weighted by Gasteiger charge is -2.22. The van der Waals surface area contributed by atoms with E-state index in [1.54, 1.807) is 0 Å². The largest absolute Gasteiger partial charge is 0.352 e. The Hall–Kier alpha value is -1.10. The van der Waals surface area contributed by atoms with Gasteiger partial charge in [0.2, 0.25) is 11.8 Å². The predicted octanol–water partition coefficient (Wildman–Crippen LogP) is 0.631. The first-order chi connectivity index (χ1) is 8.52. The zero-order valence-corrected chi connectivity index (χ0v) is 11.4. The quantitative estimate of drug-likeness (QED) is 0.700. The van der Waals surface area contributed by atoms with Crippen LogP contribution < -0.4 is 11.1 Å². The van der Waals surface area contributed by atoms with E-state index < -0.39 is 0 Å². The third-order valence-electron chi connectivity index (χ3n) is 3.18. The number of likely N-dealkylation sites (tertiary alicyclic amines) is 1. The van der Waals surface area contributed by atoms with Crippen LogP contribution in [0.1, 0.15) is 46.0 Å². The molecule has 5 heteroatoms. The Morgan fingerprint density at radius 3 is 2.83 bits per heavy atom. The highest BCUT2D eigenvalue weighted by Gasteiger charge is 2.22. The molecule has 3 N–H and O–H groups in total. The summed E-state index contributed by atoms with van der Waals surface area (Å²) < 4.78 is 0. The van der Waals surface area contributed by atoms with E-state index in [0.29, 0.717) is 19.4 Å². The summed E-state index contributed by atoms with van der Waals surface area (Å²) >= 11 is 0. The predicted molar refractivity (Wildman–Crippen MR) is 70.9 cm³/mol. The molecule has 1 rings (SSSR count). The molecule has 0 radical (unpaired) electrons. The molecule has 1 aliphatic heterocycles. The first-order valence-corrected chi connectivity index (χ1v) is 6.85. The molecule has 2 amide bonds. The van der Waals surface area contributed by atoms with Gasteiger partial charge in [0.05, 0.1) is 0 Å². The Bertz CT molecular complexity index is 294. The van der Waals surface area contributed by atoms with Crippen LogP contribution in [-0.2, 0) is 9.59 Å². The Balaban J connectivity index is 2.24. The number of nitrogens with two attached hydrogens (primary N) is 1. The third kappa shape index (κ3) is 5.04. The molecular weight excluding hydrogens is 230 g/mol. The summed E-state index contributed by atoms with van der Waals surface area (Å²) in [7, 11) is 0. The van der Waals surface area contributed by atoms with Crippen molar-refractivity contribution in [2.45, 2.75) is 58.0 Å². The zero-order valence-electron chi connectivity index (χ0n) is 11.4. The van der Waals surface area contributed by atoms with E-state index in [9.17, 15) is 9.59 Å². The molecule has 104 valence electrons. The van der Waals surface area contributed by atoms with Gasteiger partial charge in [0.25, 0.3) is 0 Å². The minimum Gasteiger partial charge on any atom is -0.352 e. The van der Waals surface area contributed by atoms with Gasteiger partial charge in [0, 0.05) is 38.0 Å². The topological polar surface area (TPSA) is 75.4 Å². The molecule has 2 atom stereocenters. The number of nitrogens with one attached hydrogen (secondary N) is 1. The first kappa shape index (κ1) is 15.0. The molecule has 18 heavy (non-hydrogen) atoms. The van der Waals surface area contributed by atoms with Crippen LogP contribution in [0.25, 0.3) is 0 Å². The van der Waals surface area contributed by atoms with Gasteiger partial charge in [-0.1, -0.05) is 13.3 Å². The molecule has 0 aromatic heterocycles. The van der Waals surface area contributed by atoms with Crippen LogP contribution in [0.2, 0.25) is 0 Å². The Kier molecular flexibility index (Phi) is 6.12. The van der Waals surface area contributed by atoms with Crippen molar-refractivity contribution in [2.24, 2.45) is 5.73 Å². The van der Waals surface area contributed by atoms with Crippen molar-refractivity contribution in [2.75, 3.05) is 13.1 Å². The molecule has 0 saturated carbocycles. The standard InChI is InChI=1S/C13H25N3O2/c1-3-5-11(14)8-12(17)15-10(2)9-16-7-4-6-13(16)18/h10-11H,3-9,14H2,1-2H3,(H,15,17). The SMILES string of the molecule is CCCC(N)CC(=O)NC(C)CN1CCCC1=O. The molecule has 0 aliphatic carbocycles. The van der Waals surface area contributed by atoms with Gasteiger partial charge in [0.1, 0.15) is 0 Å². The number of rotatable bonds is 7. The fraction of sp³-hybridized carbons (Fsp3) is 0.846. The highest BCUT2D eigenvalue weighted by Crippen LogP contribution is 2.09. The molecule has 0 aromatic carbocycles. The highest BCUT2D eigenvalue weighted by atomic mass is 16.2. The van der Waals surface area contributed by atoms with E-state index in [1.807, 2.05) is 11.8 Å². The minimum atomic E-state index is -0.0596. The Morgan fingerprint density at radius 2 is 2.28 bits per heavy atom. The van der Waals surface area contributed by atoms with Crippen molar-refractivity contribution in [3.05, 3.63) is 0 Å². The average Bonchev–Trinajstić information content (AvgIpc) is 2.64. The summed E-state index contributed by atoms with van der Waals surface area (Å²) in [5, 5.41) is 2.90. The Morgan fingerprint density at radius 1 is 1.56 bits per heavy atom. The van der Waals surface area contributed by atoms with E-state index in [1.165, 1.54) is 0 Å². The van der Waals surface area contributed by atoms with Gasteiger partial charge in [-0.05, 0) is 19.8 Å². The van der Waals surface area contributed by atoms with Gasteiger partial charge < -0.3 is 16.0 Å². The summed E-state index contributed by atoms with van der Waals surface area (Å²) in [6.07, 6.45) is 3.80. The molecule has 1 aliphatic rings. The second-order valence-corrected chi connectivity index (χ2v) is 5.16. The summed E-state index contributed by atoms with van der Waals surface area (Å²) in [5.41, 5.74) is 5.82. The molecular formula is C13H25N3O2. The van der Waals surface area contributed by atoms with E-state index in [-0.39, 0.29) is 23.9 Å². The lowest BCUT2D eigenvalue weighted by Crippen LogP contribution is -2.43. The second-order valence-electron chi connectivity index (χ2n) is 5.16. The van der Waals surface area contributed by atoms with E-state index in [2.05, 4.69) is 12.2 Å². The van der Waals surface area contributed by atoms with Crippen molar-refractivity contribution in [1.82, 2.24) is 10.2 Å². The van der Waals surface area contributed by atoms with Crippen LogP contribution in [0.5, 0.6) is 0 Å². The molecule has 2 unspecified atom stereocenters. The van der Waals surface area contributed by atoms with Crippen molar-refractivity contribution in [3.8, 4) is 0 Å². The summed E-state index contributed by atoms with van der Waals surface area (Å²) in [6.45, 7) is 5.40. The van der Waals surface area contributed by atoms with Gasteiger partial charge in [-0.25, -0.2) is 0 Å². The number of amides is 2. The number of nitrogens with zero attached hydrogens (tertiary/aromatic N) is 1. The van der Waals surface area contributed by atoms with Crippen LogP contribution in [-0.4, -0.2) is 41.9 Å². The number of hydrogen-bond donors (Lipinski definition) is 2. The van der Waals surface area contributed by atoms with Crippen LogP contribution in [0.15, 0.2) is 0 Å². The van der Waals surface area contributed by atoms with Crippen LogP contribution in [0.4, 0.5) is 0 Å². The van der Waals surface area contributed by atoms with Crippen LogP contribution in [0.3, 0.4) is 0 Å². The number of carbonyl (C=O) groups excluding carboxylic acids is 2. The molecule has 0 aromatic rings. The van der Waals surface area contributed by atoms with E-state index in [0.717, 1.165) is 25.8 Å². The van der Waals surface area contributed by atoms with Gasteiger partial charge in [-0.3, -0.25) is 9.59 Å².